The molecule has 0 aliphatic carbocycles. The molecule has 0 unspecified atom stereocenters. The van der Waals surface area contributed by atoms with Gasteiger partial charge in [-0.15, -0.1) is 0 Å². The van der Waals surface area contributed by atoms with Gasteiger partial charge in [0.25, 0.3) is 0 Å². The summed E-state index contributed by atoms with van der Waals surface area (Å²) in [6, 6.07) is 3.44. The minimum Gasteiger partial charge on any atom is -0.502 e. The number of aromatic hydroxyl groups is 1. The third-order valence-corrected chi connectivity index (χ3v) is 1.06. The molecule has 0 atom stereocenters. The Morgan fingerprint density at radius 3 is 2.82 bits per heavy atom. The Morgan fingerprint density at radius 1 is 1.73 bits per heavy atom. The van der Waals surface area contributed by atoms with Crippen LogP contribution in [-0.4, -0.2) is 10.0 Å². The summed E-state index contributed by atoms with van der Waals surface area (Å²) in [6.45, 7) is 0. The monoisotopic (exact) mass is 156 g/mol. The maximum Gasteiger partial charge on any atom is 0.314 e. The molecule has 4 nitrogen and oxygen atoms in total. The standard InChI is InChI=1S/C6H3FNO3/c7-4-1-2-6(9)5(3-4)8(10)11/h1,3,9H. The normalized spacial score (nSPS) is 9.55. The van der Waals surface area contributed by atoms with E-state index < -0.39 is 22.2 Å². The van der Waals surface area contributed by atoms with E-state index in [2.05, 4.69) is 0 Å². The van der Waals surface area contributed by atoms with Crippen molar-refractivity contribution in [2.24, 2.45) is 0 Å². The Labute approximate surface area is 61.0 Å². The van der Waals surface area contributed by atoms with Gasteiger partial charge in [0.05, 0.1) is 11.0 Å². The van der Waals surface area contributed by atoms with Crippen molar-refractivity contribution in [3.63, 3.8) is 0 Å². The van der Waals surface area contributed by atoms with Gasteiger partial charge in [-0.2, -0.15) is 0 Å². The third-order valence-electron chi connectivity index (χ3n) is 1.06. The summed E-state index contributed by atoms with van der Waals surface area (Å²) < 4.78 is 12.3. The van der Waals surface area contributed by atoms with Crippen LogP contribution in [0.4, 0.5) is 10.1 Å². The van der Waals surface area contributed by atoms with Crippen LogP contribution in [0.15, 0.2) is 12.1 Å². The molecule has 0 bridgehead atoms. The van der Waals surface area contributed by atoms with Crippen molar-refractivity contribution < 1.29 is 14.4 Å². The van der Waals surface area contributed by atoms with Gasteiger partial charge < -0.3 is 5.11 Å². The smallest absolute Gasteiger partial charge is 0.314 e. The highest BCUT2D eigenvalue weighted by atomic mass is 19.1. The highest BCUT2D eigenvalue weighted by Gasteiger charge is 2.13. The molecule has 0 aliphatic rings. The lowest BCUT2D eigenvalue weighted by Crippen LogP contribution is -1.89. The topological polar surface area (TPSA) is 63.4 Å². The van der Waals surface area contributed by atoms with E-state index >= 15 is 0 Å². The van der Waals surface area contributed by atoms with Gasteiger partial charge in [-0.05, 0) is 6.07 Å². The molecule has 1 aromatic carbocycles. The zero-order valence-corrected chi connectivity index (χ0v) is 5.24. The lowest BCUT2D eigenvalue weighted by molar-refractivity contribution is -0.386. The van der Waals surface area contributed by atoms with Gasteiger partial charge in [-0.25, -0.2) is 4.39 Å². The molecule has 0 saturated heterocycles. The number of phenols is 1. The minimum absolute atomic E-state index is 0.631. The van der Waals surface area contributed by atoms with Crippen molar-refractivity contribution in [3.05, 3.63) is 34.1 Å². The first-order valence-corrected chi connectivity index (χ1v) is 2.66. The summed E-state index contributed by atoms with van der Waals surface area (Å²) in [5, 5.41) is 18.8. The molecule has 1 N–H and O–H groups in total. The van der Waals surface area contributed by atoms with Gasteiger partial charge in [-0.1, -0.05) is 0 Å². The van der Waals surface area contributed by atoms with Crippen LogP contribution in [0.25, 0.3) is 0 Å². The minimum atomic E-state index is -0.880. The Morgan fingerprint density at radius 2 is 2.36 bits per heavy atom. The summed E-state index contributed by atoms with van der Waals surface area (Å²) >= 11 is 0. The number of benzene rings is 1. The van der Waals surface area contributed by atoms with Crippen molar-refractivity contribution >= 4 is 5.69 Å². The molecule has 0 spiro atoms. The first-order valence-electron chi connectivity index (χ1n) is 2.66. The van der Waals surface area contributed by atoms with Crippen molar-refractivity contribution in [1.29, 1.82) is 0 Å². The van der Waals surface area contributed by atoms with Gasteiger partial charge in [0.2, 0.25) is 5.75 Å². The van der Waals surface area contributed by atoms with Crippen LogP contribution < -0.4 is 0 Å². The molecule has 0 amide bonds. The number of halogens is 1. The highest BCUT2D eigenvalue weighted by Crippen LogP contribution is 2.24. The van der Waals surface area contributed by atoms with Crippen molar-refractivity contribution in [2.75, 3.05) is 0 Å². The fraction of sp³-hybridized carbons (Fsp3) is 0. The van der Waals surface area contributed by atoms with Gasteiger partial charge in [0.1, 0.15) is 5.82 Å². The van der Waals surface area contributed by atoms with E-state index in [0.29, 0.717) is 6.07 Å². The Bertz CT molecular complexity index is 300. The molecule has 0 fully saturated rings. The zero-order valence-electron chi connectivity index (χ0n) is 5.24. The first-order chi connectivity index (χ1) is 5.11. The van der Waals surface area contributed by atoms with Crippen molar-refractivity contribution in [2.45, 2.75) is 0 Å². The lowest BCUT2D eigenvalue weighted by atomic mass is 10.3. The van der Waals surface area contributed by atoms with Crippen LogP contribution in [0.3, 0.4) is 0 Å². The van der Waals surface area contributed by atoms with Gasteiger partial charge in [-0.3, -0.25) is 10.1 Å². The van der Waals surface area contributed by atoms with E-state index in [9.17, 15) is 14.5 Å². The fourth-order valence-electron chi connectivity index (χ4n) is 0.591. The number of phenolic OH excluding ortho intramolecular Hbond substituents is 1. The zero-order chi connectivity index (χ0) is 8.43. The quantitative estimate of drug-likeness (QED) is 0.491. The summed E-state index contributed by atoms with van der Waals surface area (Å²) in [4.78, 5) is 9.15. The molecule has 1 rings (SSSR count). The van der Waals surface area contributed by atoms with Gasteiger partial charge >= 0.3 is 5.69 Å². The SMILES string of the molecule is O=[N+]([O-])c1cc(F)c[c]c1O. The number of rotatable bonds is 1. The fourth-order valence-corrected chi connectivity index (χ4v) is 0.591. The maximum atomic E-state index is 12.3. The number of hydrogen-bond donors (Lipinski definition) is 1. The van der Waals surface area contributed by atoms with E-state index in [1.807, 2.05) is 6.07 Å². The predicted molar refractivity (Wildman–Crippen MR) is 33.6 cm³/mol. The van der Waals surface area contributed by atoms with Gasteiger partial charge in [0, 0.05) is 6.07 Å². The molecule has 11 heavy (non-hydrogen) atoms. The summed E-state index contributed by atoms with van der Waals surface area (Å²) in [7, 11) is 0. The molecule has 0 saturated carbocycles. The van der Waals surface area contributed by atoms with Gasteiger partial charge in [0.15, 0.2) is 0 Å². The number of nitrogens with zero attached hydrogens (tertiary/aromatic N) is 1. The van der Waals surface area contributed by atoms with E-state index in [1.54, 1.807) is 0 Å². The average molecular weight is 156 g/mol. The van der Waals surface area contributed by atoms with Crippen LogP contribution in [0.5, 0.6) is 5.75 Å². The predicted octanol–water partition coefficient (Wildman–Crippen LogP) is 1.24. The summed E-state index contributed by atoms with van der Waals surface area (Å²) in [6.07, 6.45) is 0. The van der Waals surface area contributed by atoms with Crippen LogP contribution in [0.1, 0.15) is 0 Å². The molecule has 1 radical (unpaired) electrons. The second-order valence-electron chi connectivity index (χ2n) is 1.81. The molecular formula is C6H3FNO3. The maximum absolute atomic E-state index is 12.3. The number of nitro benzene ring substituents is 1. The molecule has 0 aromatic heterocycles. The van der Waals surface area contributed by atoms with E-state index in [0.717, 1.165) is 6.07 Å². The molecule has 0 aliphatic heterocycles. The molecule has 0 heterocycles. The lowest BCUT2D eigenvalue weighted by Gasteiger charge is -1.93. The summed E-state index contributed by atoms with van der Waals surface area (Å²) in [5.74, 6) is -1.45. The molecule has 1 aromatic rings. The Hall–Kier alpha value is -1.65. The highest BCUT2D eigenvalue weighted by molar-refractivity contribution is 5.43. The average Bonchev–Trinajstić information content (AvgIpc) is 1.94. The van der Waals surface area contributed by atoms with Crippen LogP contribution in [-0.2, 0) is 0 Å². The largest absolute Gasteiger partial charge is 0.502 e. The third kappa shape index (κ3) is 1.43. The first kappa shape index (κ1) is 7.46. The Kier molecular flexibility index (Phi) is 1.72. The number of nitro groups is 1. The van der Waals surface area contributed by atoms with E-state index in [4.69, 9.17) is 5.11 Å². The van der Waals surface area contributed by atoms with E-state index in [-0.39, 0.29) is 0 Å². The number of hydrogen-bond acceptors (Lipinski definition) is 3. The van der Waals surface area contributed by atoms with Crippen LogP contribution in [0, 0.1) is 22.0 Å². The second-order valence-corrected chi connectivity index (χ2v) is 1.81. The van der Waals surface area contributed by atoms with Crippen molar-refractivity contribution in [1.82, 2.24) is 0 Å². The molecule has 57 valence electrons. The van der Waals surface area contributed by atoms with Crippen LogP contribution >= 0.6 is 0 Å². The van der Waals surface area contributed by atoms with E-state index in [1.165, 1.54) is 0 Å². The summed E-state index contributed by atoms with van der Waals surface area (Å²) in [5.41, 5.74) is -0.676. The molecular weight excluding hydrogens is 153 g/mol. The van der Waals surface area contributed by atoms with Crippen molar-refractivity contribution in [3.8, 4) is 5.75 Å². The van der Waals surface area contributed by atoms with Crippen LogP contribution in [0.2, 0.25) is 0 Å². The molecule has 5 heteroatoms. The second kappa shape index (κ2) is 2.53. The Balaban J connectivity index is 3.23.